The molecule has 0 heterocycles. The van der Waals surface area contributed by atoms with E-state index in [-0.39, 0.29) is 0 Å². The summed E-state index contributed by atoms with van der Waals surface area (Å²) in [5.41, 5.74) is 7.69. The van der Waals surface area contributed by atoms with Crippen molar-refractivity contribution < 1.29 is 9.47 Å². The van der Waals surface area contributed by atoms with Gasteiger partial charge in [0.1, 0.15) is 23.8 Å². The van der Waals surface area contributed by atoms with Gasteiger partial charge in [0, 0.05) is 4.47 Å². The molecular weight excluding hydrogens is 318 g/mol. The maximum Gasteiger partial charge on any atom is 0.146 e. The number of halogens is 1. The summed E-state index contributed by atoms with van der Waals surface area (Å²) in [6, 6.07) is 13.6. The molecule has 0 saturated carbocycles. The maximum absolute atomic E-state index is 6.06. The summed E-state index contributed by atoms with van der Waals surface area (Å²) in [7, 11) is 0. The molecule has 0 aliphatic heterocycles. The van der Waals surface area contributed by atoms with Gasteiger partial charge in [-0.15, -0.1) is 0 Å². The average Bonchev–Trinajstić information content (AvgIpc) is 2.45. The van der Waals surface area contributed by atoms with E-state index in [1.54, 1.807) is 0 Å². The zero-order valence-electron chi connectivity index (χ0n) is 11.4. The molecular formula is C16H18BrNO2. The number of ether oxygens (including phenoxy) is 2. The lowest BCUT2D eigenvalue weighted by atomic mass is 10.2. The van der Waals surface area contributed by atoms with Crippen molar-refractivity contribution >= 4 is 21.6 Å². The monoisotopic (exact) mass is 335 g/mol. The highest BCUT2D eigenvalue weighted by molar-refractivity contribution is 9.10. The normalized spacial score (nSPS) is 10.3. The molecule has 2 rings (SSSR count). The van der Waals surface area contributed by atoms with E-state index in [4.69, 9.17) is 15.2 Å². The molecule has 0 radical (unpaired) electrons. The zero-order chi connectivity index (χ0) is 14.4. The summed E-state index contributed by atoms with van der Waals surface area (Å²) < 4.78 is 12.4. The van der Waals surface area contributed by atoms with Crippen LogP contribution in [0.1, 0.15) is 18.9 Å². The topological polar surface area (TPSA) is 44.5 Å². The van der Waals surface area contributed by atoms with Crippen molar-refractivity contribution in [3.8, 4) is 11.5 Å². The molecule has 106 valence electrons. The number of nitrogens with two attached hydrogens (primary N) is 1. The number of benzene rings is 2. The van der Waals surface area contributed by atoms with Crippen LogP contribution in [0.25, 0.3) is 0 Å². The van der Waals surface area contributed by atoms with Gasteiger partial charge in [-0.3, -0.25) is 0 Å². The van der Waals surface area contributed by atoms with Gasteiger partial charge >= 0.3 is 0 Å². The zero-order valence-corrected chi connectivity index (χ0v) is 13.0. The lowest BCUT2D eigenvalue weighted by Gasteiger charge is -2.13. The number of hydrogen-bond donors (Lipinski definition) is 1. The van der Waals surface area contributed by atoms with Gasteiger partial charge in [0.2, 0.25) is 0 Å². The largest absolute Gasteiger partial charge is 0.491 e. The molecule has 2 aromatic rings. The second-order valence-electron chi connectivity index (χ2n) is 4.44. The molecule has 0 spiro atoms. The highest BCUT2D eigenvalue weighted by atomic mass is 79.9. The Morgan fingerprint density at radius 1 is 1.05 bits per heavy atom. The predicted octanol–water partition coefficient (Wildman–Crippen LogP) is 4.40. The third kappa shape index (κ3) is 3.90. The van der Waals surface area contributed by atoms with Gasteiger partial charge in [-0.1, -0.05) is 41.1 Å². The first-order chi connectivity index (χ1) is 9.70. The van der Waals surface area contributed by atoms with Crippen LogP contribution in [0, 0.1) is 0 Å². The van der Waals surface area contributed by atoms with Gasteiger partial charge in [0.25, 0.3) is 0 Å². The first-order valence-corrected chi connectivity index (χ1v) is 7.38. The van der Waals surface area contributed by atoms with Crippen LogP contribution in [0.2, 0.25) is 0 Å². The van der Waals surface area contributed by atoms with Gasteiger partial charge < -0.3 is 15.2 Å². The van der Waals surface area contributed by atoms with Crippen LogP contribution < -0.4 is 15.2 Å². The summed E-state index contributed by atoms with van der Waals surface area (Å²) in [6.07, 6.45) is 0.947. The minimum Gasteiger partial charge on any atom is -0.491 e. The van der Waals surface area contributed by atoms with Crippen molar-refractivity contribution in [1.82, 2.24) is 0 Å². The van der Waals surface area contributed by atoms with Gasteiger partial charge in [-0.2, -0.15) is 0 Å². The Bertz CT molecular complexity index is 572. The SMILES string of the molecule is CCCOc1cccc(OCc2cccc(Br)c2)c1N. The number of rotatable bonds is 6. The summed E-state index contributed by atoms with van der Waals surface area (Å²) in [6.45, 7) is 3.18. The first kappa shape index (κ1) is 14.7. The maximum atomic E-state index is 6.06. The van der Waals surface area contributed by atoms with Crippen molar-refractivity contribution in [2.75, 3.05) is 12.3 Å². The number of nitrogen functional groups attached to an aromatic ring is 1. The molecule has 0 aliphatic carbocycles. The molecule has 0 atom stereocenters. The fraction of sp³-hybridized carbons (Fsp3) is 0.250. The van der Waals surface area contributed by atoms with Crippen LogP contribution in [0.5, 0.6) is 11.5 Å². The Morgan fingerprint density at radius 3 is 2.45 bits per heavy atom. The molecule has 3 nitrogen and oxygen atoms in total. The third-order valence-electron chi connectivity index (χ3n) is 2.77. The van der Waals surface area contributed by atoms with E-state index < -0.39 is 0 Å². The smallest absolute Gasteiger partial charge is 0.146 e. The minimum atomic E-state index is 0.473. The molecule has 0 amide bonds. The Hall–Kier alpha value is -1.68. The number of hydrogen-bond acceptors (Lipinski definition) is 3. The minimum absolute atomic E-state index is 0.473. The van der Waals surface area contributed by atoms with Crippen molar-refractivity contribution in [2.45, 2.75) is 20.0 Å². The Kier molecular flexibility index (Phi) is 5.30. The number of para-hydroxylation sites is 1. The van der Waals surface area contributed by atoms with Crippen LogP contribution in [-0.2, 0) is 6.61 Å². The molecule has 0 aromatic heterocycles. The molecule has 0 aliphatic rings. The molecule has 0 fully saturated rings. The van der Waals surface area contributed by atoms with E-state index in [1.165, 1.54) is 0 Å². The summed E-state index contributed by atoms with van der Waals surface area (Å²) in [5, 5.41) is 0. The van der Waals surface area contributed by atoms with E-state index in [2.05, 4.69) is 22.9 Å². The van der Waals surface area contributed by atoms with E-state index in [1.807, 2.05) is 42.5 Å². The summed E-state index contributed by atoms with van der Waals surface area (Å²) in [5.74, 6) is 1.33. The van der Waals surface area contributed by atoms with Crippen molar-refractivity contribution in [3.63, 3.8) is 0 Å². The standard InChI is InChI=1S/C16H18BrNO2/c1-2-9-19-14-7-4-8-15(16(14)18)20-11-12-5-3-6-13(17)10-12/h3-8,10H,2,9,11,18H2,1H3. The van der Waals surface area contributed by atoms with Crippen molar-refractivity contribution in [3.05, 3.63) is 52.5 Å². The Labute approximate surface area is 127 Å². The van der Waals surface area contributed by atoms with Gasteiger partial charge in [-0.05, 0) is 36.2 Å². The van der Waals surface area contributed by atoms with E-state index in [0.29, 0.717) is 30.4 Å². The van der Waals surface area contributed by atoms with Crippen molar-refractivity contribution in [1.29, 1.82) is 0 Å². The van der Waals surface area contributed by atoms with Gasteiger partial charge in [0.05, 0.1) is 6.61 Å². The molecule has 20 heavy (non-hydrogen) atoms. The average molecular weight is 336 g/mol. The molecule has 2 aromatic carbocycles. The van der Waals surface area contributed by atoms with Crippen molar-refractivity contribution in [2.24, 2.45) is 0 Å². The van der Waals surface area contributed by atoms with Crippen LogP contribution in [0.4, 0.5) is 5.69 Å². The summed E-state index contributed by atoms with van der Waals surface area (Å²) >= 11 is 3.44. The fourth-order valence-corrected chi connectivity index (χ4v) is 2.22. The van der Waals surface area contributed by atoms with Gasteiger partial charge in [0.15, 0.2) is 0 Å². The second-order valence-corrected chi connectivity index (χ2v) is 5.35. The van der Waals surface area contributed by atoms with Gasteiger partial charge in [-0.25, -0.2) is 0 Å². The molecule has 0 unspecified atom stereocenters. The van der Waals surface area contributed by atoms with Crippen LogP contribution in [0.3, 0.4) is 0 Å². The second kappa shape index (κ2) is 7.20. The fourth-order valence-electron chi connectivity index (χ4n) is 1.78. The lowest BCUT2D eigenvalue weighted by Crippen LogP contribution is -2.02. The van der Waals surface area contributed by atoms with E-state index in [0.717, 1.165) is 16.5 Å². The van der Waals surface area contributed by atoms with E-state index >= 15 is 0 Å². The summed E-state index contributed by atoms with van der Waals surface area (Å²) in [4.78, 5) is 0. The Balaban J connectivity index is 2.06. The highest BCUT2D eigenvalue weighted by Gasteiger charge is 2.07. The molecule has 2 N–H and O–H groups in total. The van der Waals surface area contributed by atoms with Crippen LogP contribution in [0.15, 0.2) is 46.9 Å². The van der Waals surface area contributed by atoms with Crippen LogP contribution in [-0.4, -0.2) is 6.61 Å². The first-order valence-electron chi connectivity index (χ1n) is 6.59. The predicted molar refractivity (Wildman–Crippen MR) is 85.1 cm³/mol. The molecule has 4 heteroatoms. The molecule has 0 bridgehead atoms. The molecule has 0 saturated heterocycles. The highest BCUT2D eigenvalue weighted by Crippen LogP contribution is 2.32. The number of anilines is 1. The van der Waals surface area contributed by atoms with E-state index in [9.17, 15) is 0 Å². The lowest BCUT2D eigenvalue weighted by molar-refractivity contribution is 0.298. The third-order valence-corrected chi connectivity index (χ3v) is 3.26. The quantitative estimate of drug-likeness (QED) is 0.795. The van der Waals surface area contributed by atoms with Crippen LogP contribution >= 0.6 is 15.9 Å². The Morgan fingerprint density at radius 2 is 1.75 bits per heavy atom.